The predicted molar refractivity (Wildman–Crippen MR) is 123 cm³/mol. The van der Waals surface area contributed by atoms with Crippen LogP contribution < -0.4 is 19.8 Å². The van der Waals surface area contributed by atoms with Crippen molar-refractivity contribution in [3.05, 3.63) is 46.8 Å². The fourth-order valence-corrected chi connectivity index (χ4v) is 4.04. The Morgan fingerprint density at radius 1 is 0.839 bits per heavy atom. The van der Waals surface area contributed by atoms with Crippen LogP contribution in [0.2, 0.25) is 0 Å². The van der Waals surface area contributed by atoms with Gasteiger partial charge >= 0.3 is 0 Å². The van der Waals surface area contributed by atoms with Crippen LogP contribution in [0, 0.1) is 0 Å². The molecule has 0 spiro atoms. The van der Waals surface area contributed by atoms with Crippen molar-refractivity contribution < 1.29 is 19.3 Å². The molecule has 0 aliphatic rings. The highest BCUT2D eigenvalue weighted by atomic mass is 16.5. The van der Waals surface area contributed by atoms with Crippen LogP contribution in [0.1, 0.15) is 0 Å². The second-order valence-corrected chi connectivity index (χ2v) is 7.72. The number of benzene rings is 3. The van der Waals surface area contributed by atoms with Crippen molar-refractivity contribution in [1.29, 1.82) is 0 Å². The molecule has 0 saturated heterocycles. The van der Waals surface area contributed by atoms with Crippen molar-refractivity contribution in [2.75, 3.05) is 42.0 Å². The Morgan fingerprint density at radius 3 is 2.06 bits per heavy atom. The van der Waals surface area contributed by atoms with E-state index in [1.807, 2.05) is 37.2 Å². The Labute approximate surface area is 180 Å². The summed E-state index contributed by atoms with van der Waals surface area (Å²) in [6.45, 7) is 1.20. The molecule has 3 aromatic carbocycles. The monoisotopic (exact) mass is 422 g/mol. The van der Waals surface area contributed by atoms with Crippen LogP contribution in [0.4, 0.5) is 0 Å². The normalized spacial score (nSPS) is 11.5. The molecule has 31 heavy (non-hydrogen) atoms. The number of aromatic hydroxyl groups is 1. The van der Waals surface area contributed by atoms with Crippen molar-refractivity contribution in [3.8, 4) is 23.0 Å². The Balaban J connectivity index is 2.21. The third kappa shape index (κ3) is 3.41. The average Bonchev–Trinajstić information content (AvgIpc) is 2.77. The lowest BCUT2D eigenvalue weighted by Crippen LogP contribution is -2.27. The topological polar surface area (TPSA) is 73.2 Å². The van der Waals surface area contributed by atoms with Crippen LogP contribution in [0.15, 0.2) is 41.2 Å². The number of methoxy groups -OCH3 is 3. The van der Waals surface area contributed by atoms with E-state index in [-0.39, 0.29) is 11.3 Å². The molecule has 4 aromatic rings. The average molecular weight is 422 g/mol. The van der Waals surface area contributed by atoms with Crippen LogP contribution in [0.25, 0.3) is 32.4 Å². The van der Waals surface area contributed by atoms with Gasteiger partial charge < -0.3 is 28.8 Å². The van der Waals surface area contributed by atoms with Crippen molar-refractivity contribution in [3.63, 3.8) is 0 Å². The first kappa shape index (κ1) is 20.8. The van der Waals surface area contributed by atoms with Gasteiger partial charge in [-0.3, -0.25) is 4.79 Å². The summed E-state index contributed by atoms with van der Waals surface area (Å²) in [5.74, 6) is 1.49. The van der Waals surface area contributed by atoms with Gasteiger partial charge in [-0.2, -0.15) is 0 Å². The number of likely N-dealkylation sites (N-methyl/N-ethyl adjacent to an activating group) is 1. The van der Waals surface area contributed by atoms with E-state index in [2.05, 4.69) is 0 Å². The minimum Gasteiger partial charge on any atom is -0.504 e. The van der Waals surface area contributed by atoms with Gasteiger partial charge in [-0.25, -0.2) is 0 Å². The van der Waals surface area contributed by atoms with E-state index < -0.39 is 0 Å². The van der Waals surface area contributed by atoms with Gasteiger partial charge in [-0.05, 0) is 43.7 Å². The number of hydrogen-bond donors (Lipinski definition) is 1. The lowest BCUT2D eigenvalue weighted by Gasteiger charge is -2.19. The summed E-state index contributed by atoms with van der Waals surface area (Å²) in [6.07, 6.45) is 0. The highest BCUT2D eigenvalue weighted by molar-refractivity contribution is 6.16. The maximum absolute atomic E-state index is 13.7. The minimum atomic E-state index is -0.107. The highest BCUT2D eigenvalue weighted by Gasteiger charge is 2.18. The quantitative estimate of drug-likeness (QED) is 0.479. The first-order chi connectivity index (χ1) is 14.9. The number of pyridine rings is 1. The molecular weight excluding hydrogens is 396 g/mol. The van der Waals surface area contributed by atoms with Crippen molar-refractivity contribution in [2.24, 2.45) is 0 Å². The smallest absolute Gasteiger partial charge is 0.259 e. The molecular formula is C24H26N2O5. The highest BCUT2D eigenvalue weighted by Crippen LogP contribution is 2.39. The maximum Gasteiger partial charge on any atom is 0.259 e. The summed E-state index contributed by atoms with van der Waals surface area (Å²) in [4.78, 5) is 15.7. The molecule has 0 atom stereocenters. The third-order valence-electron chi connectivity index (χ3n) is 5.62. The van der Waals surface area contributed by atoms with Crippen molar-refractivity contribution in [1.82, 2.24) is 9.47 Å². The first-order valence-electron chi connectivity index (χ1n) is 9.96. The second kappa shape index (κ2) is 8.00. The predicted octanol–water partition coefficient (Wildman–Crippen LogP) is 3.60. The summed E-state index contributed by atoms with van der Waals surface area (Å²) < 4.78 is 18.1. The van der Waals surface area contributed by atoms with Gasteiger partial charge in [0.2, 0.25) is 0 Å². The second-order valence-electron chi connectivity index (χ2n) is 7.72. The third-order valence-corrected chi connectivity index (χ3v) is 5.62. The lowest BCUT2D eigenvalue weighted by atomic mass is 9.99. The maximum atomic E-state index is 13.7. The summed E-state index contributed by atoms with van der Waals surface area (Å²) in [7, 11) is 8.59. The standard InChI is InChI=1S/C24H26N2O5/c1-25(2)8-9-26-23-15(7-6-14-10-19(27)20(29-3)11-16(14)23)17-12-21(30-4)22(31-5)13-18(17)24(26)28/h6-7,10-13,27H,8-9H2,1-5H3. The molecule has 0 aliphatic carbocycles. The number of phenols is 1. The number of phenolic OH excluding ortho intramolecular Hbond substituents is 1. The van der Waals surface area contributed by atoms with E-state index in [0.717, 1.165) is 27.1 Å². The van der Waals surface area contributed by atoms with Crippen LogP contribution in [-0.2, 0) is 6.54 Å². The van der Waals surface area contributed by atoms with E-state index in [1.165, 1.54) is 7.11 Å². The van der Waals surface area contributed by atoms with E-state index in [9.17, 15) is 9.90 Å². The molecule has 1 N–H and O–H groups in total. The fourth-order valence-electron chi connectivity index (χ4n) is 4.04. The number of fused-ring (bicyclic) bond motifs is 5. The van der Waals surface area contributed by atoms with Crippen molar-refractivity contribution >= 4 is 32.4 Å². The van der Waals surface area contributed by atoms with Gasteiger partial charge in [-0.15, -0.1) is 0 Å². The zero-order valence-electron chi connectivity index (χ0n) is 18.4. The zero-order chi connectivity index (χ0) is 22.3. The zero-order valence-corrected chi connectivity index (χ0v) is 18.4. The molecule has 0 bridgehead atoms. The van der Waals surface area contributed by atoms with E-state index in [0.29, 0.717) is 35.7 Å². The van der Waals surface area contributed by atoms with Gasteiger partial charge in [0.1, 0.15) is 0 Å². The van der Waals surface area contributed by atoms with Gasteiger partial charge in [-0.1, -0.05) is 12.1 Å². The Kier molecular flexibility index (Phi) is 5.37. The molecule has 162 valence electrons. The summed E-state index contributed by atoms with van der Waals surface area (Å²) in [5.41, 5.74) is 0.687. The molecule has 0 radical (unpaired) electrons. The number of nitrogens with zero attached hydrogens (tertiary/aromatic N) is 2. The van der Waals surface area contributed by atoms with Crippen molar-refractivity contribution in [2.45, 2.75) is 6.54 Å². The Morgan fingerprint density at radius 2 is 1.45 bits per heavy atom. The largest absolute Gasteiger partial charge is 0.504 e. The molecule has 7 heteroatoms. The molecule has 7 nitrogen and oxygen atoms in total. The Hall–Kier alpha value is -3.45. The fraction of sp³-hybridized carbons (Fsp3) is 0.292. The SMILES string of the molecule is COc1cc2c(ccc3c4cc(OC)c(OC)cc4c(=O)n(CCN(C)C)c23)cc1O. The van der Waals surface area contributed by atoms with Crippen LogP contribution in [0.3, 0.4) is 0 Å². The van der Waals surface area contributed by atoms with E-state index >= 15 is 0 Å². The minimum absolute atomic E-state index is 0.0590. The lowest BCUT2D eigenvalue weighted by molar-refractivity contribution is 0.356. The molecule has 1 aromatic heterocycles. The number of aromatic nitrogens is 1. The molecule has 0 aliphatic heterocycles. The molecule has 0 unspecified atom stereocenters. The van der Waals surface area contributed by atoms with Gasteiger partial charge in [0.25, 0.3) is 5.56 Å². The van der Waals surface area contributed by atoms with E-state index in [4.69, 9.17) is 14.2 Å². The van der Waals surface area contributed by atoms with Gasteiger partial charge in [0, 0.05) is 29.2 Å². The van der Waals surface area contributed by atoms with Crippen LogP contribution in [-0.4, -0.2) is 56.5 Å². The van der Waals surface area contributed by atoms with Crippen LogP contribution >= 0.6 is 0 Å². The summed E-state index contributed by atoms with van der Waals surface area (Å²) in [5, 5.41) is 14.2. The van der Waals surface area contributed by atoms with Gasteiger partial charge in [0.15, 0.2) is 23.0 Å². The summed E-state index contributed by atoms with van der Waals surface area (Å²) >= 11 is 0. The van der Waals surface area contributed by atoms with Gasteiger partial charge in [0.05, 0.1) is 32.2 Å². The molecule has 0 fully saturated rings. The molecule has 1 heterocycles. The molecule has 0 amide bonds. The number of ether oxygens (including phenoxy) is 3. The summed E-state index contributed by atoms with van der Waals surface area (Å²) in [6, 6.07) is 10.9. The number of rotatable bonds is 6. The Bertz CT molecular complexity index is 1360. The van der Waals surface area contributed by atoms with Crippen LogP contribution in [0.5, 0.6) is 23.0 Å². The van der Waals surface area contributed by atoms with E-state index in [1.54, 1.807) is 37.0 Å². The first-order valence-corrected chi connectivity index (χ1v) is 9.96. The molecule has 0 saturated carbocycles. The number of hydrogen-bond acceptors (Lipinski definition) is 6. The molecule has 4 rings (SSSR count).